The van der Waals surface area contributed by atoms with Crippen molar-refractivity contribution in [2.24, 2.45) is 5.92 Å². The summed E-state index contributed by atoms with van der Waals surface area (Å²) in [6.07, 6.45) is 7.71. The Balaban J connectivity index is 1.23. The number of hydrogen-bond donors (Lipinski definition) is 1. The van der Waals surface area contributed by atoms with Crippen molar-refractivity contribution >= 4 is 17.5 Å². The molecule has 146 valence electrons. The fourth-order valence-electron chi connectivity index (χ4n) is 4.15. The molecule has 7 nitrogen and oxygen atoms in total. The lowest BCUT2D eigenvalue weighted by Gasteiger charge is -2.22. The van der Waals surface area contributed by atoms with Gasteiger partial charge in [0.25, 0.3) is 0 Å². The van der Waals surface area contributed by atoms with Gasteiger partial charge in [-0.2, -0.15) is 0 Å². The normalized spacial score (nSPS) is 25.3. The van der Waals surface area contributed by atoms with Crippen molar-refractivity contribution < 1.29 is 9.59 Å². The largest absolute Gasteiger partial charge is 0.371 e. The number of likely N-dealkylation sites (N-methyl/N-ethyl adjacent to an activating group) is 1. The Bertz CT molecular complexity index is 678. The Hall–Kier alpha value is -2.15. The van der Waals surface area contributed by atoms with E-state index in [1.54, 1.807) is 12.4 Å². The topological polar surface area (TPSA) is 68.8 Å². The molecule has 4 rings (SSSR count). The molecule has 7 heteroatoms. The Morgan fingerprint density at radius 3 is 2.67 bits per heavy atom. The predicted octanol–water partition coefficient (Wildman–Crippen LogP) is 0.719. The van der Waals surface area contributed by atoms with Crippen LogP contribution in [0.5, 0.6) is 0 Å². The lowest BCUT2D eigenvalue weighted by molar-refractivity contribution is -0.131. The van der Waals surface area contributed by atoms with Gasteiger partial charge in [-0.05, 0) is 44.9 Å². The SMILES string of the molecule is CN(CC(=O)N1CCC(NC(=O)C2CCN(c3ccncc3)C2)C1)C1CC1. The summed E-state index contributed by atoms with van der Waals surface area (Å²) in [5.41, 5.74) is 1.12. The molecule has 3 aliphatic rings. The summed E-state index contributed by atoms with van der Waals surface area (Å²) < 4.78 is 0. The number of amides is 2. The second-order valence-electron chi connectivity index (χ2n) is 8.12. The van der Waals surface area contributed by atoms with E-state index in [1.165, 1.54) is 12.8 Å². The van der Waals surface area contributed by atoms with Crippen molar-refractivity contribution in [2.75, 3.05) is 44.7 Å². The molecule has 2 saturated heterocycles. The maximum atomic E-state index is 12.7. The molecule has 0 spiro atoms. The van der Waals surface area contributed by atoms with Crippen LogP contribution in [0.15, 0.2) is 24.5 Å². The van der Waals surface area contributed by atoms with Gasteiger partial charge >= 0.3 is 0 Å². The van der Waals surface area contributed by atoms with Gasteiger partial charge in [-0.15, -0.1) is 0 Å². The molecular formula is C20H29N5O2. The minimum absolute atomic E-state index is 0.0175. The average molecular weight is 371 g/mol. The van der Waals surface area contributed by atoms with Gasteiger partial charge in [0.05, 0.1) is 12.5 Å². The van der Waals surface area contributed by atoms with Crippen LogP contribution in [-0.4, -0.2) is 78.5 Å². The summed E-state index contributed by atoms with van der Waals surface area (Å²) in [7, 11) is 2.03. The van der Waals surface area contributed by atoms with Crippen LogP contribution in [0.4, 0.5) is 5.69 Å². The molecule has 1 aromatic heterocycles. The van der Waals surface area contributed by atoms with E-state index >= 15 is 0 Å². The van der Waals surface area contributed by atoms with Crippen LogP contribution in [0.3, 0.4) is 0 Å². The highest BCUT2D eigenvalue weighted by Crippen LogP contribution is 2.26. The number of hydrogen-bond acceptors (Lipinski definition) is 5. The number of carbonyl (C=O) groups excluding carboxylic acids is 2. The Kier molecular flexibility index (Phi) is 5.29. The molecule has 0 bridgehead atoms. The molecule has 2 aliphatic heterocycles. The highest BCUT2D eigenvalue weighted by Gasteiger charge is 2.34. The van der Waals surface area contributed by atoms with Gasteiger partial charge in [0, 0.05) is 56.3 Å². The standard InChI is InChI=1S/C20H29N5O2/c1-23(17-2-3-17)14-19(26)25-11-7-16(13-25)22-20(27)15-6-10-24(12-15)18-4-8-21-9-5-18/h4-5,8-9,15-17H,2-3,6-7,10-14H2,1H3,(H,22,27). The van der Waals surface area contributed by atoms with Gasteiger partial charge in [-0.25, -0.2) is 0 Å². The molecule has 0 aromatic carbocycles. The molecule has 27 heavy (non-hydrogen) atoms. The van der Waals surface area contributed by atoms with Crippen molar-refractivity contribution in [3.8, 4) is 0 Å². The zero-order valence-corrected chi connectivity index (χ0v) is 16.0. The third kappa shape index (κ3) is 4.40. The van der Waals surface area contributed by atoms with Crippen LogP contribution in [-0.2, 0) is 9.59 Å². The van der Waals surface area contributed by atoms with E-state index in [-0.39, 0.29) is 23.8 Å². The van der Waals surface area contributed by atoms with E-state index in [9.17, 15) is 9.59 Å². The van der Waals surface area contributed by atoms with Gasteiger partial charge in [0.2, 0.25) is 11.8 Å². The molecule has 1 aromatic rings. The van der Waals surface area contributed by atoms with Crippen LogP contribution in [0.1, 0.15) is 25.7 Å². The van der Waals surface area contributed by atoms with E-state index in [2.05, 4.69) is 20.1 Å². The lowest BCUT2D eigenvalue weighted by Crippen LogP contribution is -2.43. The molecule has 1 saturated carbocycles. The van der Waals surface area contributed by atoms with Crippen LogP contribution in [0, 0.1) is 5.92 Å². The number of carbonyl (C=O) groups is 2. The molecule has 0 radical (unpaired) electrons. The number of nitrogens with one attached hydrogen (secondary N) is 1. The summed E-state index contributed by atoms with van der Waals surface area (Å²) in [6, 6.07) is 4.65. The van der Waals surface area contributed by atoms with Crippen LogP contribution in [0.25, 0.3) is 0 Å². The summed E-state index contributed by atoms with van der Waals surface area (Å²) in [5.74, 6) is 0.329. The minimum Gasteiger partial charge on any atom is -0.371 e. The minimum atomic E-state index is 0.0175. The Labute approximate surface area is 160 Å². The number of likely N-dealkylation sites (tertiary alicyclic amines) is 1. The summed E-state index contributed by atoms with van der Waals surface area (Å²) in [4.78, 5) is 35.5. The van der Waals surface area contributed by atoms with E-state index in [1.807, 2.05) is 24.1 Å². The molecule has 2 unspecified atom stereocenters. The van der Waals surface area contributed by atoms with Crippen LogP contribution in [0.2, 0.25) is 0 Å². The van der Waals surface area contributed by atoms with Crippen LogP contribution >= 0.6 is 0 Å². The summed E-state index contributed by atoms with van der Waals surface area (Å²) in [6.45, 7) is 3.52. The van der Waals surface area contributed by atoms with Gasteiger partial charge < -0.3 is 15.1 Å². The molecular weight excluding hydrogens is 342 g/mol. The molecule has 2 amide bonds. The van der Waals surface area contributed by atoms with Crippen molar-refractivity contribution in [1.29, 1.82) is 0 Å². The van der Waals surface area contributed by atoms with Crippen molar-refractivity contribution in [2.45, 2.75) is 37.8 Å². The predicted molar refractivity (Wildman–Crippen MR) is 103 cm³/mol. The second-order valence-corrected chi connectivity index (χ2v) is 8.12. The van der Waals surface area contributed by atoms with E-state index in [0.717, 1.165) is 38.2 Å². The summed E-state index contributed by atoms with van der Waals surface area (Å²) >= 11 is 0. The van der Waals surface area contributed by atoms with Gasteiger partial charge in [0.1, 0.15) is 0 Å². The van der Waals surface area contributed by atoms with E-state index in [4.69, 9.17) is 0 Å². The fourth-order valence-corrected chi connectivity index (χ4v) is 4.15. The van der Waals surface area contributed by atoms with E-state index < -0.39 is 0 Å². The van der Waals surface area contributed by atoms with Gasteiger partial charge in [-0.3, -0.25) is 19.5 Å². The van der Waals surface area contributed by atoms with E-state index in [0.29, 0.717) is 19.1 Å². The van der Waals surface area contributed by atoms with Crippen molar-refractivity contribution in [3.05, 3.63) is 24.5 Å². The zero-order chi connectivity index (χ0) is 18.8. The molecule has 1 aliphatic carbocycles. The maximum Gasteiger partial charge on any atom is 0.236 e. The highest BCUT2D eigenvalue weighted by molar-refractivity contribution is 5.81. The molecule has 1 N–H and O–H groups in total. The third-order valence-electron chi connectivity index (χ3n) is 6.03. The summed E-state index contributed by atoms with van der Waals surface area (Å²) in [5, 5.41) is 3.18. The van der Waals surface area contributed by atoms with Crippen molar-refractivity contribution in [3.63, 3.8) is 0 Å². The molecule has 3 fully saturated rings. The van der Waals surface area contributed by atoms with Crippen LogP contribution < -0.4 is 10.2 Å². The van der Waals surface area contributed by atoms with Gasteiger partial charge in [-0.1, -0.05) is 0 Å². The number of rotatable bonds is 6. The average Bonchev–Trinajstić information content (AvgIpc) is 3.23. The Morgan fingerprint density at radius 1 is 1.15 bits per heavy atom. The first-order valence-electron chi connectivity index (χ1n) is 10.0. The highest BCUT2D eigenvalue weighted by atomic mass is 16.2. The monoisotopic (exact) mass is 371 g/mol. The van der Waals surface area contributed by atoms with Gasteiger partial charge in [0.15, 0.2) is 0 Å². The number of pyridine rings is 1. The fraction of sp³-hybridized carbons (Fsp3) is 0.650. The third-order valence-corrected chi connectivity index (χ3v) is 6.03. The Morgan fingerprint density at radius 2 is 1.93 bits per heavy atom. The first-order valence-corrected chi connectivity index (χ1v) is 10.0. The first kappa shape index (κ1) is 18.2. The number of aromatic nitrogens is 1. The first-order chi connectivity index (χ1) is 13.1. The molecule has 2 atom stereocenters. The number of nitrogens with zero attached hydrogens (tertiary/aromatic N) is 4. The molecule has 3 heterocycles. The van der Waals surface area contributed by atoms with Crippen molar-refractivity contribution in [1.82, 2.24) is 20.1 Å². The maximum absolute atomic E-state index is 12.7. The second kappa shape index (κ2) is 7.84. The zero-order valence-electron chi connectivity index (χ0n) is 16.0. The smallest absolute Gasteiger partial charge is 0.236 e. The quantitative estimate of drug-likeness (QED) is 0.798. The lowest BCUT2D eigenvalue weighted by atomic mass is 10.1. The number of anilines is 1.